The molecule has 2 aromatic carbocycles. The van der Waals surface area contributed by atoms with Crippen LogP contribution in [0.2, 0.25) is 0 Å². The highest BCUT2D eigenvalue weighted by Crippen LogP contribution is 2.22. The van der Waals surface area contributed by atoms with Gasteiger partial charge in [0.15, 0.2) is 5.16 Å². The minimum atomic E-state index is -0.182. The lowest BCUT2D eigenvalue weighted by molar-refractivity contribution is -0.118. The molecule has 0 saturated heterocycles. The highest BCUT2D eigenvalue weighted by Gasteiger charge is 2.14. The Labute approximate surface area is 166 Å². The summed E-state index contributed by atoms with van der Waals surface area (Å²) in [7, 11) is 3.16. The summed E-state index contributed by atoms with van der Waals surface area (Å²) in [5.74, 6) is 0.688. The molecule has 3 rings (SSSR count). The molecule has 0 unspecified atom stereocenters. The standard InChI is InChI=1S/C20H21N3O4S/c1-26-12-11-21-18(24)13-28-20-22-17-6-4-3-5-16(17)19(25)23(20)14-7-9-15(27-2)10-8-14/h3-10H,11-13H2,1-2H3,(H,21,24). The van der Waals surface area contributed by atoms with Crippen LogP contribution in [0.25, 0.3) is 16.6 Å². The summed E-state index contributed by atoms with van der Waals surface area (Å²) in [5.41, 5.74) is 1.07. The normalized spacial score (nSPS) is 10.8. The molecule has 0 fully saturated rings. The number of nitrogens with zero attached hydrogens (tertiary/aromatic N) is 2. The molecule has 0 aliphatic heterocycles. The van der Waals surface area contributed by atoms with E-state index in [0.717, 1.165) is 0 Å². The van der Waals surface area contributed by atoms with Crippen molar-refractivity contribution in [2.24, 2.45) is 0 Å². The summed E-state index contributed by atoms with van der Waals surface area (Å²) in [5, 5.41) is 3.74. The Morgan fingerprint density at radius 3 is 2.61 bits per heavy atom. The van der Waals surface area contributed by atoms with Crippen LogP contribution in [0.1, 0.15) is 0 Å². The number of amides is 1. The quantitative estimate of drug-likeness (QED) is 0.355. The van der Waals surface area contributed by atoms with Crippen molar-refractivity contribution in [3.63, 3.8) is 0 Å². The summed E-state index contributed by atoms with van der Waals surface area (Å²) in [6, 6.07) is 14.3. The maximum Gasteiger partial charge on any atom is 0.266 e. The largest absolute Gasteiger partial charge is 0.497 e. The molecule has 28 heavy (non-hydrogen) atoms. The Hall–Kier alpha value is -2.84. The molecule has 8 heteroatoms. The number of aromatic nitrogens is 2. The molecule has 0 saturated carbocycles. The smallest absolute Gasteiger partial charge is 0.266 e. The number of fused-ring (bicyclic) bond motifs is 1. The number of carbonyl (C=O) groups excluding carboxylic acids is 1. The maximum atomic E-state index is 13.1. The van der Waals surface area contributed by atoms with Gasteiger partial charge in [-0.25, -0.2) is 4.98 Å². The Morgan fingerprint density at radius 1 is 1.14 bits per heavy atom. The van der Waals surface area contributed by atoms with Crippen molar-refractivity contribution in [3.05, 3.63) is 58.9 Å². The van der Waals surface area contributed by atoms with Crippen LogP contribution in [0.5, 0.6) is 5.75 Å². The van der Waals surface area contributed by atoms with Crippen molar-refractivity contribution in [2.75, 3.05) is 33.1 Å². The maximum absolute atomic E-state index is 13.1. The summed E-state index contributed by atoms with van der Waals surface area (Å²) < 4.78 is 11.6. The van der Waals surface area contributed by atoms with E-state index in [-0.39, 0.29) is 17.2 Å². The molecule has 0 atom stereocenters. The van der Waals surface area contributed by atoms with Gasteiger partial charge in [-0.05, 0) is 36.4 Å². The lowest BCUT2D eigenvalue weighted by atomic mass is 10.2. The number of methoxy groups -OCH3 is 2. The van der Waals surface area contributed by atoms with Crippen LogP contribution in [0, 0.1) is 0 Å². The van der Waals surface area contributed by atoms with Crippen LogP contribution >= 0.6 is 11.8 Å². The van der Waals surface area contributed by atoms with E-state index < -0.39 is 0 Å². The third-order valence-corrected chi connectivity index (χ3v) is 4.97. The van der Waals surface area contributed by atoms with Crippen LogP contribution in [-0.2, 0) is 9.53 Å². The third-order valence-electron chi connectivity index (χ3n) is 4.04. The predicted octanol–water partition coefficient (Wildman–Crippen LogP) is 2.25. The van der Waals surface area contributed by atoms with Gasteiger partial charge in [0.2, 0.25) is 5.91 Å². The third kappa shape index (κ3) is 4.52. The summed E-state index contributed by atoms with van der Waals surface area (Å²) in [4.78, 5) is 29.8. The number of thioether (sulfide) groups is 1. The summed E-state index contributed by atoms with van der Waals surface area (Å²) in [6.07, 6.45) is 0. The molecule has 146 valence electrons. The molecule has 0 radical (unpaired) electrons. The molecule has 0 spiro atoms. The topological polar surface area (TPSA) is 82.5 Å². The van der Waals surface area contributed by atoms with Crippen LogP contribution in [0.15, 0.2) is 58.5 Å². The minimum Gasteiger partial charge on any atom is -0.497 e. The molecule has 0 bridgehead atoms. The fourth-order valence-corrected chi connectivity index (χ4v) is 3.48. The fourth-order valence-electron chi connectivity index (χ4n) is 2.64. The van der Waals surface area contributed by atoms with Gasteiger partial charge in [0.1, 0.15) is 5.75 Å². The molecule has 1 N–H and O–H groups in total. The SMILES string of the molecule is COCCNC(=O)CSc1nc2ccccc2c(=O)n1-c1ccc(OC)cc1. The summed E-state index contributed by atoms with van der Waals surface area (Å²) in [6.45, 7) is 0.882. The van der Waals surface area contributed by atoms with Crippen molar-refractivity contribution >= 4 is 28.6 Å². The molecule has 3 aromatic rings. The van der Waals surface area contributed by atoms with E-state index in [1.54, 1.807) is 56.7 Å². The van der Waals surface area contributed by atoms with Gasteiger partial charge in [-0.2, -0.15) is 0 Å². The zero-order chi connectivity index (χ0) is 19.9. The van der Waals surface area contributed by atoms with Crippen LogP contribution < -0.4 is 15.6 Å². The van der Waals surface area contributed by atoms with Gasteiger partial charge >= 0.3 is 0 Å². The van der Waals surface area contributed by atoms with E-state index in [9.17, 15) is 9.59 Å². The Morgan fingerprint density at radius 2 is 1.89 bits per heavy atom. The van der Waals surface area contributed by atoms with Gasteiger partial charge in [0.25, 0.3) is 5.56 Å². The Kier molecular flexibility index (Phi) is 6.67. The van der Waals surface area contributed by atoms with Gasteiger partial charge in [0, 0.05) is 13.7 Å². The number of ether oxygens (including phenoxy) is 2. The van der Waals surface area contributed by atoms with E-state index in [1.807, 2.05) is 6.07 Å². The molecular formula is C20H21N3O4S. The number of rotatable bonds is 8. The molecule has 0 aliphatic carbocycles. The molecular weight excluding hydrogens is 378 g/mol. The zero-order valence-corrected chi connectivity index (χ0v) is 16.5. The van der Waals surface area contributed by atoms with Gasteiger partial charge in [-0.1, -0.05) is 23.9 Å². The van der Waals surface area contributed by atoms with Gasteiger partial charge in [-0.15, -0.1) is 0 Å². The summed E-state index contributed by atoms with van der Waals surface area (Å²) >= 11 is 1.21. The lowest BCUT2D eigenvalue weighted by Gasteiger charge is -2.13. The lowest BCUT2D eigenvalue weighted by Crippen LogP contribution is -2.29. The van der Waals surface area contributed by atoms with Crippen molar-refractivity contribution in [2.45, 2.75) is 5.16 Å². The number of hydrogen-bond donors (Lipinski definition) is 1. The van der Waals surface area contributed by atoms with Gasteiger partial charge in [-0.3, -0.25) is 14.2 Å². The first-order valence-electron chi connectivity index (χ1n) is 8.68. The number of para-hydroxylation sites is 1. The van der Waals surface area contributed by atoms with E-state index in [2.05, 4.69) is 10.3 Å². The van der Waals surface area contributed by atoms with Gasteiger partial charge in [0.05, 0.1) is 36.1 Å². The van der Waals surface area contributed by atoms with Crippen molar-refractivity contribution < 1.29 is 14.3 Å². The average molecular weight is 399 g/mol. The molecule has 0 aliphatic rings. The second-order valence-electron chi connectivity index (χ2n) is 5.88. The van der Waals surface area contributed by atoms with Crippen LogP contribution in [-0.4, -0.2) is 48.6 Å². The number of nitrogens with one attached hydrogen (secondary N) is 1. The first-order chi connectivity index (χ1) is 13.6. The Balaban J connectivity index is 1.97. The highest BCUT2D eigenvalue weighted by atomic mass is 32.2. The Bertz CT molecular complexity index is 1020. The van der Waals surface area contributed by atoms with E-state index in [0.29, 0.717) is 40.6 Å². The number of hydrogen-bond acceptors (Lipinski definition) is 6. The van der Waals surface area contributed by atoms with Gasteiger partial charge < -0.3 is 14.8 Å². The van der Waals surface area contributed by atoms with Crippen molar-refractivity contribution in [3.8, 4) is 11.4 Å². The first kappa shape index (κ1) is 19.9. The second-order valence-corrected chi connectivity index (χ2v) is 6.82. The number of carbonyl (C=O) groups is 1. The molecule has 7 nitrogen and oxygen atoms in total. The van der Waals surface area contributed by atoms with E-state index in [1.165, 1.54) is 16.3 Å². The number of benzene rings is 2. The van der Waals surface area contributed by atoms with E-state index >= 15 is 0 Å². The molecule has 1 aromatic heterocycles. The van der Waals surface area contributed by atoms with Crippen molar-refractivity contribution in [1.82, 2.24) is 14.9 Å². The van der Waals surface area contributed by atoms with Crippen LogP contribution in [0.4, 0.5) is 0 Å². The molecule has 1 heterocycles. The first-order valence-corrected chi connectivity index (χ1v) is 9.67. The minimum absolute atomic E-state index is 0.144. The van der Waals surface area contributed by atoms with Crippen LogP contribution in [0.3, 0.4) is 0 Å². The molecule has 1 amide bonds. The predicted molar refractivity (Wildman–Crippen MR) is 110 cm³/mol. The highest BCUT2D eigenvalue weighted by molar-refractivity contribution is 7.99. The second kappa shape index (κ2) is 9.38. The van der Waals surface area contributed by atoms with E-state index in [4.69, 9.17) is 9.47 Å². The van der Waals surface area contributed by atoms with Crippen molar-refractivity contribution in [1.29, 1.82) is 0 Å². The fraction of sp³-hybridized carbons (Fsp3) is 0.250. The monoisotopic (exact) mass is 399 g/mol. The average Bonchev–Trinajstić information content (AvgIpc) is 2.73. The zero-order valence-electron chi connectivity index (χ0n) is 15.7.